The van der Waals surface area contributed by atoms with E-state index < -0.39 is 6.10 Å². The number of unbranched alkanes of at least 4 members (excludes halogenated alkanes) is 27. The van der Waals surface area contributed by atoms with Crippen molar-refractivity contribution in [1.82, 2.24) is 0 Å². The van der Waals surface area contributed by atoms with Crippen LogP contribution in [0, 0.1) is 0 Å². The third-order valence-corrected chi connectivity index (χ3v) is 13.7. The van der Waals surface area contributed by atoms with Gasteiger partial charge in [0.05, 0.1) is 0 Å². The summed E-state index contributed by atoms with van der Waals surface area (Å²) in [6, 6.07) is 0. The maximum atomic E-state index is 12.9. The van der Waals surface area contributed by atoms with Gasteiger partial charge in [-0.1, -0.05) is 284 Å². The first kappa shape index (κ1) is 73.8. The quantitative estimate of drug-likeness (QED) is 0.0261. The van der Waals surface area contributed by atoms with Gasteiger partial charge in [-0.2, -0.15) is 0 Å². The molecule has 0 saturated carbocycles. The van der Waals surface area contributed by atoms with Crippen LogP contribution < -0.4 is 0 Å². The Morgan fingerprint density at radius 3 is 0.872 bits per heavy atom. The van der Waals surface area contributed by atoms with Crippen molar-refractivity contribution in [3.8, 4) is 0 Å². The van der Waals surface area contributed by atoms with E-state index >= 15 is 0 Å². The lowest BCUT2D eigenvalue weighted by atomic mass is 10.0. The van der Waals surface area contributed by atoms with Gasteiger partial charge < -0.3 is 14.2 Å². The van der Waals surface area contributed by atoms with Gasteiger partial charge in [0.2, 0.25) is 0 Å². The molecule has 6 nitrogen and oxygen atoms in total. The lowest BCUT2D eigenvalue weighted by Crippen LogP contribution is -2.30. The smallest absolute Gasteiger partial charge is 0.306 e. The topological polar surface area (TPSA) is 78.9 Å². The molecule has 444 valence electrons. The molecule has 1 unspecified atom stereocenters. The van der Waals surface area contributed by atoms with Crippen LogP contribution in [-0.4, -0.2) is 37.2 Å². The fourth-order valence-electron chi connectivity index (χ4n) is 8.89. The van der Waals surface area contributed by atoms with Gasteiger partial charge in [0.25, 0.3) is 0 Å². The predicted molar refractivity (Wildman–Crippen MR) is 339 cm³/mol. The molecular weight excluding hydrogens is 961 g/mol. The summed E-state index contributed by atoms with van der Waals surface area (Å²) in [7, 11) is 0. The molecule has 78 heavy (non-hydrogen) atoms. The molecular formula is C72H120O6. The Labute approximate surface area is 482 Å². The molecule has 0 aromatic carbocycles. The molecule has 1 atom stereocenters. The summed E-state index contributed by atoms with van der Waals surface area (Å²) in [6.07, 6.45) is 90.9. The number of esters is 3. The van der Waals surface area contributed by atoms with Gasteiger partial charge in [0, 0.05) is 19.3 Å². The summed E-state index contributed by atoms with van der Waals surface area (Å²) in [5.41, 5.74) is 0. The standard InChI is InChI=1S/C72H120O6/c1-4-7-10-13-16-19-22-25-27-29-30-31-32-33-34-35-36-37-38-39-40-41-42-43-45-47-50-53-56-59-62-65-71(74)77-68-69(67-76-70(73)64-61-58-55-52-49-46-24-21-18-15-12-9-6-3)78-72(75)66-63-60-57-54-51-48-44-28-26-23-20-17-14-11-8-5-2/h7,9-10,12,16,18-19,21,25,27-28,30-31,33-34,44,46,49,55,58,69H,4-6,8,11,13-15,17,20,22-24,26,29,32,35-43,45,47-48,50-54,56-57,59-68H2,1-3H3/b10-7-,12-9-,19-16-,21-18-,27-25-,31-30-,34-33-,44-28-,49-46-,58-55-. The summed E-state index contributed by atoms with van der Waals surface area (Å²) < 4.78 is 16.8. The van der Waals surface area contributed by atoms with Crippen LogP contribution >= 0.6 is 0 Å². The number of hydrogen-bond acceptors (Lipinski definition) is 6. The van der Waals surface area contributed by atoms with Crippen molar-refractivity contribution in [1.29, 1.82) is 0 Å². The Morgan fingerprint density at radius 2 is 0.526 bits per heavy atom. The minimum atomic E-state index is -0.813. The minimum Gasteiger partial charge on any atom is -0.462 e. The average molecular weight is 1080 g/mol. The summed E-state index contributed by atoms with van der Waals surface area (Å²) >= 11 is 0. The molecule has 0 heterocycles. The highest BCUT2D eigenvalue weighted by atomic mass is 16.6. The average Bonchev–Trinajstić information content (AvgIpc) is 3.44. The van der Waals surface area contributed by atoms with Crippen LogP contribution in [0.4, 0.5) is 0 Å². The molecule has 0 aromatic heterocycles. The number of carbonyl (C=O) groups is 3. The van der Waals surface area contributed by atoms with E-state index in [0.717, 1.165) is 109 Å². The minimum absolute atomic E-state index is 0.104. The zero-order valence-corrected chi connectivity index (χ0v) is 50.9. The SMILES string of the molecule is CC/C=C\C/C=C\C/C=C\C/C=C\C/C=C\CCCCCCCCCCCCCCCCCC(=O)OCC(COC(=O)CC/C=C\C/C=C\C/C=C\C/C=C\CC)OC(=O)CCCCCCC/C=C\CCCCCCCCC. The largest absolute Gasteiger partial charge is 0.462 e. The summed E-state index contributed by atoms with van der Waals surface area (Å²) in [5, 5.41) is 0. The molecule has 0 aromatic rings. The number of ether oxygens (including phenoxy) is 3. The Balaban J connectivity index is 4.26. The van der Waals surface area contributed by atoms with Crippen molar-refractivity contribution < 1.29 is 28.6 Å². The first-order valence-corrected chi connectivity index (χ1v) is 32.5. The molecule has 0 radical (unpaired) electrons. The third kappa shape index (κ3) is 62.7. The van der Waals surface area contributed by atoms with Gasteiger partial charge in [-0.15, -0.1) is 0 Å². The highest BCUT2D eigenvalue weighted by Gasteiger charge is 2.19. The van der Waals surface area contributed by atoms with E-state index in [1.165, 1.54) is 141 Å². The number of rotatable bonds is 58. The van der Waals surface area contributed by atoms with Crippen LogP contribution in [0.2, 0.25) is 0 Å². The van der Waals surface area contributed by atoms with E-state index in [0.29, 0.717) is 19.3 Å². The van der Waals surface area contributed by atoms with Crippen molar-refractivity contribution in [2.24, 2.45) is 0 Å². The van der Waals surface area contributed by atoms with Crippen molar-refractivity contribution in [2.45, 2.75) is 303 Å². The Morgan fingerprint density at radius 1 is 0.269 bits per heavy atom. The van der Waals surface area contributed by atoms with E-state index in [2.05, 4.69) is 136 Å². The Hall–Kier alpha value is -4.19. The van der Waals surface area contributed by atoms with Gasteiger partial charge in [0.15, 0.2) is 6.10 Å². The van der Waals surface area contributed by atoms with Crippen LogP contribution in [0.1, 0.15) is 297 Å². The van der Waals surface area contributed by atoms with Crippen LogP contribution in [0.15, 0.2) is 122 Å². The second-order valence-electron chi connectivity index (χ2n) is 21.3. The van der Waals surface area contributed by atoms with E-state index in [1.54, 1.807) is 0 Å². The van der Waals surface area contributed by atoms with Crippen molar-refractivity contribution in [2.75, 3.05) is 13.2 Å². The molecule has 0 spiro atoms. The van der Waals surface area contributed by atoms with Gasteiger partial charge in [0.1, 0.15) is 13.2 Å². The number of allylic oxidation sites excluding steroid dienone is 20. The lowest BCUT2D eigenvalue weighted by Gasteiger charge is -2.18. The second kappa shape index (κ2) is 65.3. The van der Waals surface area contributed by atoms with Crippen LogP contribution in [0.5, 0.6) is 0 Å². The molecule has 0 bridgehead atoms. The van der Waals surface area contributed by atoms with E-state index in [1.807, 2.05) is 6.08 Å². The van der Waals surface area contributed by atoms with Gasteiger partial charge in [-0.3, -0.25) is 14.4 Å². The van der Waals surface area contributed by atoms with E-state index in [4.69, 9.17) is 14.2 Å². The van der Waals surface area contributed by atoms with Gasteiger partial charge in [-0.05, 0) is 116 Å². The van der Waals surface area contributed by atoms with Gasteiger partial charge in [-0.25, -0.2) is 0 Å². The zero-order chi connectivity index (χ0) is 56.4. The maximum absolute atomic E-state index is 12.9. The first-order chi connectivity index (χ1) is 38.5. The molecule has 0 rings (SSSR count). The molecule has 0 amide bonds. The summed E-state index contributed by atoms with van der Waals surface area (Å²) in [4.78, 5) is 38.2. The number of hydrogen-bond donors (Lipinski definition) is 0. The highest BCUT2D eigenvalue weighted by molar-refractivity contribution is 5.71. The van der Waals surface area contributed by atoms with E-state index in [9.17, 15) is 14.4 Å². The Kier molecular flexibility index (Phi) is 61.8. The fourth-order valence-corrected chi connectivity index (χ4v) is 8.89. The summed E-state index contributed by atoms with van der Waals surface area (Å²) in [6.45, 7) is 6.35. The summed E-state index contributed by atoms with van der Waals surface area (Å²) in [5.74, 6) is -0.992. The van der Waals surface area contributed by atoms with Crippen molar-refractivity contribution in [3.63, 3.8) is 0 Å². The lowest BCUT2D eigenvalue weighted by molar-refractivity contribution is -0.166. The molecule has 0 saturated heterocycles. The second-order valence-corrected chi connectivity index (χ2v) is 21.3. The van der Waals surface area contributed by atoms with Crippen molar-refractivity contribution in [3.05, 3.63) is 122 Å². The Bertz CT molecular complexity index is 1620. The van der Waals surface area contributed by atoms with Crippen LogP contribution in [0.3, 0.4) is 0 Å². The fraction of sp³-hybridized carbons (Fsp3) is 0.681. The van der Waals surface area contributed by atoms with E-state index in [-0.39, 0.29) is 37.5 Å². The molecule has 0 N–H and O–H groups in total. The monoisotopic (exact) mass is 1080 g/mol. The third-order valence-electron chi connectivity index (χ3n) is 13.7. The molecule has 0 aliphatic rings. The first-order valence-electron chi connectivity index (χ1n) is 32.5. The highest BCUT2D eigenvalue weighted by Crippen LogP contribution is 2.16. The zero-order valence-electron chi connectivity index (χ0n) is 50.9. The number of carbonyl (C=O) groups excluding carboxylic acids is 3. The van der Waals surface area contributed by atoms with Crippen LogP contribution in [-0.2, 0) is 28.6 Å². The maximum Gasteiger partial charge on any atom is 0.306 e. The van der Waals surface area contributed by atoms with Crippen molar-refractivity contribution >= 4 is 17.9 Å². The molecule has 0 fully saturated rings. The van der Waals surface area contributed by atoms with Gasteiger partial charge >= 0.3 is 17.9 Å². The molecule has 6 heteroatoms. The molecule has 0 aliphatic heterocycles. The predicted octanol–water partition coefficient (Wildman–Crippen LogP) is 22.4. The van der Waals surface area contributed by atoms with Crippen LogP contribution in [0.25, 0.3) is 0 Å². The molecule has 0 aliphatic carbocycles. The normalized spacial score (nSPS) is 12.9.